The number of ether oxygens (including phenoxy) is 5. The van der Waals surface area contributed by atoms with Crippen molar-refractivity contribution >= 4 is 0 Å². The SMILES string of the molecule is COc1cc(C2OC3C(OC2CO)OC(CO)C(O)C3O)cc(OC)c1O. The van der Waals surface area contributed by atoms with Crippen molar-refractivity contribution in [2.45, 2.75) is 42.9 Å². The summed E-state index contributed by atoms with van der Waals surface area (Å²) in [7, 11) is 2.75. The molecule has 0 amide bonds. The number of aliphatic hydroxyl groups is 4. The van der Waals surface area contributed by atoms with Crippen molar-refractivity contribution in [3.05, 3.63) is 17.7 Å². The standard InChI is InChI=1S/C17H24O10/c1-23-8-3-7(4-9(24-2)12(8)20)15-11(6-19)26-17-16(27-15)14(22)13(21)10(5-18)25-17/h3-4,10-11,13-22H,5-6H2,1-2H3. The Balaban J connectivity index is 1.93. The molecule has 1 aromatic rings. The van der Waals surface area contributed by atoms with Crippen LogP contribution in [-0.4, -0.2) is 89.8 Å². The molecule has 7 unspecified atom stereocenters. The summed E-state index contributed by atoms with van der Waals surface area (Å²) in [5, 5.41) is 49.5. The Morgan fingerprint density at radius 3 is 1.96 bits per heavy atom. The van der Waals surface area contributed by atoms with Gasteiger partial charge in [-0.15, -0.1) is 0 Å². The summed E-state index contributed by atoms with van der Waals surface area (Å²) in [5.41, 5.74) is 0.463. The smallest absolute Gasteiger partial charge is 0.200 e. The van der Waals surface area contributed by atoms with Crippen LogP contribution in [0.15, 0.2) is 12.1 Å². The number of fused-ring (bicyclic) bond motifs is 1. The molecule has 2 fully saturated rings. The van der Waals surface area contributed by atoms with Gasteiger partial charge in [0.2, 0.25) is 5.75 Å². The van der Waals surface area contributed by atoms with Crippen molar-refractivity contribution in [3.8, 4) is 17.2 Å². The Kier molecular flexibility index (Phi) is 6.06. The van der Waals surface area contributed by atoms with Crippen LogP contribution in [0.4, 0.5) is 0 Å². The molecule has 0 spiro atoms. The summed E-state index contributed by atoms with van der Waals surface area (Å²) < 4.78 is 27.3. The van der Waals surface area contributed by atoms with E-state index in [4.69, 9.17) is 23.7 Å². The zero-order valence-corrected chi connectivity index (χ0v) is 14.9. The third-order valence-electron chi connectivity index (χ3n) is 4.79. The molecule has 10 heteroatoms. The molecular weight excluding hydrogens is 364 g/mol. The second kappa shape index (κ2) is 8.15. The largest absolute Gasteiger partial charge is 0.502 e. The number of rotatable bonds is 5. The Labute approximate surface area is 155 Å². The van der Waals surface area contributed by atoms with E-state index in [0.29, 0.717) is 5.56 Å². The molecule has 27 heavy (non-hydrogen) atoms. The minimum absolute atomic E-state index is 0.132. The first-order chi connectivity index (χ1) is 12.9. The molecular formula is C17H24O10. The highest BCUT2D eigenvalue weighted by molar-refractivity contribution is 5.53. The minimum atomic E-state index is -1.37. The van der Waals surface area contributed by atoms with Crippen molar-refractivity contribution in [3.63, 3.8) is 0 Å². The normalized spacial score (nSPS) is 36.1. The highest BCUT2D eigenvalue weighted by Crippen LogP contribution is 2.43. The maximum atomic E-state index is 10.3. The van der Waals surface area contributed by atoms with Gasteiger partial charge in [0.1, 0.15) is 36.6 Å². The first kappa shape index (κ1) is 20.1. The highest BCUT2D eigenvalue weighted by Gasteiger charge is 2.51. The van der Waals surface area contributed by atoms with Crippen LogP contribution >= 0.6 is 0 Å². The van der Waals surface area contributed by atoms with Crippen molar-refractivity contribution < 1.29 is 49.2 Å². The molecule has 3 rings (SSSR count). The number of aromatic hydroxyl groups is 1. The van der Waals surface area contributed by atoms with Gasteiger partial charge in [-0.3, -0.25) is 0 Å². The van der Waals surface area contributed by atoms with E-state index < -0.39 is 56.1 Å². The Morgan fingerprint density at radius 2 is 1.44 bits per heavy atom. The van der Waals surface area contributed by atoms with Crippen LogP contribution in [0, 0.1) is 0 Å². The summed E-state index contributed by atoms with van der Waals surface area (Å²) in [6.45, 7) is -0.935. The molecule has 0 aromatic heterocycles. The van der Waals surface area contributed by atoms with Crippen molar-refractivity contribution in [2.24, 2.45) is 0 Å². The van der Waals surface area contributed by atoms with E-state index in [9.17, 15) is 25.5 Å². The van der Waals surface area contributed by atoms with E-state index in [2.05, 4.69) is 0 Å². The molecule has 7 atom stereocenters. The van der Waals surface area contributed by atoms with E-state index in [1.165, 1.54) is 26.4 Å². The molecule has 1 aromatic carbocycles. The van der Waals surface area contributed by atoms with Gasteiger partial charge in [-0.2, -0.15) is 0 Å². The van der Waals surface area contributed by atoms with E-state index in [-0.39, 0.29) is 17.2 Å². The van der Waals surface area contributed by atoms with Gasteiger partial charge in [0.05, 0.1) is 27.4 Å². The van der Waals surface area contributed by atoms with Crippen molar-refractivity contribution in [1.29, 1.82) is 0 Å². The average molecular weight is 388 g/mol. The van der Waals surface area contributed by atoms with Gasteiger partial charge in [0.15, 0.2) is 17.8 Å². The summed E-state index contributed by atoms with van der Waals surface area (Å²) in [6, 6.07) is 3.00. The maximum absolute atomic E-state index is 10.3. The number of benzene rings is 1. The summed E-state index contributed by atoms with van der Waals surface area (Å²) >= 11 is 0. The van der Waals surface area contributed by atoms with Gasteiger partial charge < -0.3 is 49.2 Å². The fourth-order valence-electron chi connectivity index (χ4n) is 3.32. The second-order valence-corrected chi connectivity index (χ2v) is 6.36. The van der Waals surface area contributed by atoms with Crippen molar-refractivity contribution in [2.75, 3.05) is 27.4 Å². The summed E-state index contributed by atoms with van der Waals surface area (Å²) in [5.74, 6) is 0.0707. The van der Waals surface area contributed by atoms with Crippen LogP contribution < -0.4 is 9.47 Å². The molecule has 2 aliphatic rings. The fourth-order valence-corrected chi connectivity index (χ4v) is 3.32. The molecule has 0 radical (unpaired) electrons. The number of hydrogen-bond donors (Lipinski definition) is 5. The Morgan fingerprint density at radius 1 is 0.889 bits per heavy atom. The molecule has 152 valence electrons. The predicted octanol–water partition coefficient (Wildman–Crippen LogP) is -1.33. The minimum Gasteiger partial charge on any atom is -0.502 e. The quantitative estimate of drug-likeness (QED) is 0.411. The van der Waals surface area contributed by atoms with E-state index in [1.807, 2.05) is 0 Å². The number of phenols is 1. The van der Waals surface area contributed by atoms with E-state index >= 15 is 0 Å². The molecule has 0 aliphatic carbocycles. The molecule has 5 N–H and O–H groups in total. The lowest BCUT2D eigenvalue weighted by atomic mass is 9.95. The van der Waals surface area contributed by atoms with E-state index in [1.54, 1.807) is 0 Å². The Hall–Kier alpha value is -1.66. The van der Waals surface area contributed by atoms with Gasteiger partial charge >= 0.3 is 0 Å². The molecule has 2 saturated heterocycles. The van der Waals surface area contributed by atoms with Crippen molar-refractivity contribution in [1.82, 2.24) is 0 Å². The Bertz CT molecular complexity index is 628. The van der Waals surface area contributed by atoms with E-state index in [0.717, 1.165) is 0 Å². The number of phenolic OH excluding ortho intramolecular Hbond substituents is 1. The lowest BCUT2D eigenvalue weighted by molar-refractivity contribution is -0.371. The third-order valence-corrected chi connectivity index (χ3v) is 4.79. The molecule has 2 heterocycles. The predicted molar refractivity (Wildman–Crippen MR) is 88.5 cm³/mol. The first-order valence-corrected chi connectivity index (χ1v) is 8.44. The lowest BCUT2D eigenvalue weighted by Gasteiger charge is -2.48. The topological polar surface area (TPSA) is 147 Å². The highest BCUT2D eigenvalue weighted by atomic mass is 16.7. The number of methoxy groups -OCH3 is 2. The number of aliphatic hydroxyl groups excluding tert-OH is 4. The molecule has 2 aliphatic heterocycles. The second-order valence-electron chi connectivity index (χ2n) is 6.36. The van der Waals surface area contributed by atoms with Crippen LogP contribution in [0.2, 0.25) is 0 Å². The zero-order chi connectivity index (χ0) is 19.7. The lowest BCUT2D eigenvalue weighted by Crippen LogP contribution is -2.63. The number of hydrogen-bond acceptors (Lipinski definition) is 10. The molecule has 0 saturated carbocycles. The third kappa shape index (κ3) is 3.57. The van der Waals surface area contributed by atoms with Gasteiger partial charge in [-0.05, 0) is 17.7 Å². The van der Waals surface area contributed by atoms with Crippen LogP contribution in [0.5, 0.6) is 17.2 Å². The monoisotopic (exact) mass is 388 g/mol. The van der Waals surface area contributed by atoms with Crippen LogP contribution in [0.3, 0.4) is 0 Å². The summed E-state index contributed by atoms with van der Waals surface area (Å²) in [4.78, 5) is 0. The van der Waals surface area contributed by atoms with Crippen LogP contribution in [0.1, 0.15) is 11.7 Å². The van der Waals surface area contributed by atoms with Gasteiger partial charge in [0.25, 0.3) is 0 Å². The first-order valence-electron chi connectivity index (χ1n) is 8.44. The van der Waals surface area contributed by atoms with Crippen LogP contribution in [0.25, 0.3) is 0 Å². The van der Waals surface area contributed by atoms with Gasteiger partial charge in [-0.25, -0.2) is 0 Å². The maximum Gasteiger partial charge on any atom is 0.200 e. The van der Waals surface area contributed by atoms with Crippen LogP contribution in [-0.2, 0) is 14.2 Å². The fraction of sp³-hybridized carbons (Fsp3) is 0.647. The zero-order valence-electron chi connectivity index (χ0n) is 14.9. The van der Waals surface area contributed by atoms with Gasteiger partial charge in [0, 0.05) is 0 Å². The average Bonchev–Trinajstić information content (AvgIpc) is 2.69. The molecule has 10 nitrogen and oxygen atoms in total. The molecule has 0 bridgehead atoms. The van der Waals surface area contributed by atoms with Gasteiger partial charge in [-0.1, -0.05) is 0 Å². The summed E-state index contributed by atoms with van der Waals surface area (Å²) in [6.07, 6.45) is -7.63.